The number of nitrogens with zero attached hydrogens (tertiary/aromatic N) is 2. The molecule has 0 aliphatic rings. The van der Waals surface area contributed by atoms with E-state index in [4.69, 9.17) is 9.97 Å². The van der Waals surface area contributed by atoms with Crippen LogP contribution in [0.3, 0.4) is 0 Å². The molecule has 0 fully saturated rings. The van der Waals surface area contributed by atoms with Crippen molar-refractivity contribution in [2.45, 2.75) is 5.41 Å². The van der Waals surface area contributed by atoms with Crippen LogP contribution >= 0.6 is 0 Å². The lowest BCUT2D eigenvalue weighted by atomic mass is 9.66. The first-order chi connectivity index (χ1) is 18.4. The van der Waals surface area contributed by atoms with Gasteiger partial charge in [0, 0.05) is 23.5 Å². The Bertz CT molecular complexity index is 1470. The van der Waals surface area contributed by atoms with E-state index in [1.807, 2.05) is 36.7 Å². The summed E-state index contributed by atoms with van der Waals surface area (Å²) in [5.41, 5.74) is 7.80. The van der Waals surface area contributed by atoms with Crippen LogP contribution in [0.15, 0.2) is 158 Å². The normalized spacial score (nSPS) is 11.2. The molecule has 0 saturated heterocycles. The van der Waals surface area contributed by atoms with E-state index in [0.717, 1.165) is 44.8 Å². The van der Waals surface area contributed by atoms with Gasteiger partial charge in [-0.1, -0.05) is 133 Å². The van der Waals surface area contributed by atoms with Crippen molar-refractivity contribution < 1.29 is 0 Å². The van der Waals surface area contributed by atoms with Gasteiger partial charge in [-0.2, -0.15) is 0 Å². The van der Waals surface area contributed by atoms with Gasteiger partial charge in [-0.25, -0.2) is 0 Å². The SMILES string of the molecule is c1ccc(-c2cccnc2C(c2ccccc2)(c2ccccc2)c2ncccc2-c2ccccc2)cc1. The molecule has 0 unspecified atom stereocenters. The third-order valence-electron chi connectivity index (χ3n) is 6.91. The van der Waals surface area contributed by atoms with E-state index in [-0.39, 0.29) is 0 Å². The summed E-state index contributed by atoms with van der Waals surface area (Å²) in [6.07, 6.45) is 3.79. The van der Waals surface area contributed by atoms with Crippen molar-refractivity contribution >= 4 is 0 Å². The highest BCUT2D eigenvalue weighted by molar-refractivity contribution is 5.77. The van der Waals surface area contributed by atoms with Gasteiger partial charge in [0.25, 0.3) is 0 Å². The fourth-order valence-electron chi connectivity index (χ4n) is 5.31. The quantitative estimate of drug-likeness (QED) is 0.243. The molecule has 2 aromatic heterocycles. The second-order valence-corrected chi connectivity index (χ2v) is 9.01. The number of pyridine rings is 2. The number of aromatic nitrogens is 2. The Hall–Kier alpha value is -4.82. The summed E-state index contributed by atoms with van der Waals surface area (Å²) in [6, 6.07) is 50.7. The molecule has 0 N–H and O–H groups in total. The average Bonchev–Trinajstić information content (AvgIpc) is 3.00. The molecule has 6 aromatic rings. The Morgan fingerprint density at radius 1 is 0.351 bits per heavy atom. The van der Waals surface area contributed by atoms with E-state index in [0.29, 0.717) is 0 Å². The van der Waals surface area contributed by atoms with E-state index in [1.54, 1.807) is 0 Å². The first kappa shape index (κ1) is 22.6. The third kappa shape index (κ3) is 4.03. The van der Waals surface area contributed by atoms with Gasteiger partial charge in [-0.15, -0.1) is 0 Å². The van der Waals surface area contributed by atoms with Crippen LogP contribution in [-0.2, 0) is 5.41 Å². The van der Waals surface area contributed by atoms with Gasteiger partial charge in [0.05, 0.1) is 11.4 Å². The van der Waals surface area contributed by atoms with Crippen LogP contribution in [-0.4, -0.2) is 9.97 Å². The van der Waals surface area contributed by atoms with E-state index in [2.05, 4.69) is 121 Å². The predicted octanol–water partition coefficient (Wildman–Crippen LogP) is 8.19. The lowest BCUT2D eigenvalue weighted by Gasteiger charge is -2.37. The van der Waals surface area contributed by atoms with Crippen molar-refractivity contribution in [3.05, 3.63) is 181 Å². The Kier molecular flexibility index (Phi) is 6.14. The molecule has 0 amide bonds. The average molecular weight is 475 g/mol. The second-order valence-electron chi connectivity index (χ2n) is 9.01. The van der Waals surface area contributed by atoms with Crippen molar-refractivity contribution in [3.8, 4) is 22.3 Å². The minimum Gasteiger partial charge on any atom is -0.259 e. The molecule has 0 saturated carbocycles. The summed E-state index contributed by atoms with van der Waals surface area (Å²) >= 11 is 0. The summed E-state index contributed by atoms with van der Waals surface area (Å²) in [5, 5.41) is 0. The fraction of sp³-hybridized carbons (Fsp3) is 0.0286. The van der Waals surface area contributed by atoms with Gasteiger partial charge < -0.3 is 0 Å². The molecular formula is C35H26N2. The summed E-state index contributed by atoms with van der Waals surface area (Å²) in [6.45, 7) is 0. The maximum atomic E-state index is 5.15. The van der Waals surface area contributed by atoms with E-state index in [1.165, 1.54) is 0 Å². The van der Waals surface area contributed by atoms with Crippen LogP contribution in [0.2, 0.25) is 0 Å². The molecular weight excluding hydrogens is 448 g/mol. The number of rotatable bonds is 6. The van der Waals surface area contributed by atoms with Gasteiger partial charge >= 0.3 is 0 Å². The van der Waals surface area contributed by atoms with Gasteiger partial charge in [0.15, 0.2) is 0 Å². The highest BCUT2D eigenvalue weighted by Gasteiger charge is 2.44. The fourth-order valence-corrected chi connectivity index (χ4v) is 5.31. The highest BCUT2D eigenvalue weighted by atomic mass is 14.8. The second kappa shape index (κ2) is 10.0. The van der Waals surface area contributed by atoms with Crippen LogP contribution in [0.4, 0.5) is 0 Å². The Morgan fingerprint density at radius 2 is 0.703 bits per heavy atom. The van der Waals surface area contributed by atoms with Crippen LogP contribution in [0.5, 0.6) is 0 Å². The summed E-state index contributed by atoms with van der Waals surface area (Å²) in [4.78, 5) is 10.3. The zero-order valence-corrected chi connectivity index (χ0v) is 20.4. The highest BCUT2D eigenvalue weighted by Crippen LogP contribution is 2.49. The van der Waals surface area contributed by atoms with Crippen LogP contribution < -0.4 is 0 Å². The van der Waals surface area contributed by atoms with Crippen molar-refractivity contribution in [1.82, 2.24) is 9.97 Å². The van der Waals surface area contributed by atoms with Gasteiger partial charge in [0.2, 0.25) is 0 Å². The van der Waals surface area contributed by atoms with Crippen LogP contribution in [0, 0.1) is 0 Å². The van der Waals surface area contributed by atoms with Gasteiger partial charge in [-0.05, 0) is 34.4 Å². The molecule has 2 heterocycles. The molecule has 37 heavy (non-hydrogen) atoms. The molecule has 0 aliphatic carbocycles. The summed E-state index contributed by atoms with van der Waals surface area (Å²) in [5.74, 6) is 0. The molecule has 176 valence electrons. The molecule has 6 rings (SSSR count). The van der Waals surface area contributed by atoms with Gasteiger partial charge in [-0.3, -0.25) is 9.97 Å². The Morgan fingerprint density at radius 3 is 1.08 bits per heavy atom. The Labute approximate surface area is 218 Å². The number of benzene rings is 4. The predicted molar refractivity (Wildman–Crippen MR) is 151 cm³/mol. The van der Waals surface area contributed by atoms with E-state index in [9.17, 15) is 0 Å². The molecule has 0 aliphatic heterocycles. The molecule has 2 heteroatoms. The molecule has 0 bridgehead atoms. The third-order valence-corrected chi connectivity index (χ3v) is 6.91. The number of hydrogen-bond donors (Lipinski definition) is 0. The minimum atomic E-state index is -0.763. The maximum Gasteiger partial charge on any atom is 0.106 e. The summed E-state index contributed by atoms with van der Waals surface area (Å²) in [7, 11) is 0. The first-order valence-corrected chi connectivity index (χ1v) is 12.5. The standard InChI is InChI=1S/C35H26N2/c1-5-15-27(16-6-1)31-23-13-25-36-33(31)35(29-19-9-3-10-20-29,30-21-11-4-12-22-30)34-32(24-14-26-37-34)28-17-7-2-8-18-28/h1-26H. The van der Waals surface area contributed by atoms with Crippen molar-refractivity contribution in [2.75, 3.05) is 0 Å². The largest absolute Gasteiger partial charge is 0.259 e. The van der Waals surface area contributed by atoms with E-state index < -0.39 is 5.41 Å². The topological polar surface area (TPSA) is 25.8 Å². The first-order valence-electron chi connectivity index (χ1n) is 12.5. The minimum absolute atomic E-state index is 0.763. The van der Waals surface area contributed by atoms with Crippen LogP contribution in [0.25, 0.3) is 22.3 Å². The molecule has 2 nitrogen and oxygen atoms in total. The monoisotopic (exact) mass is 474 g/mol. The van der Waals surface area contributed by atoms with Crippen molar-refractivity contribution in [3.63, 3.8) is 0 Å². The molecule has 4 aromatic carbocycles. The lowest BCUT2D eigenvalue weighted by molar-refractivity contribution is 0.692. The summed E-state index contributed by atoms with van der Waals surface area (Å²) < 4.78 is 0. The van der Waals surface area contributed by atoms with Crippen LogP contribution in [0.1, 0.15) is 22.5 Å². The number of hydrogen-bond acceptors (Lipinski definition) is 2. The maximum absolute atomic E-state index is 5.15. The van der Waals surface area contributed by atoms with Crippen molar-refractivity contribution in [1.29, 1.82) is 0 Å². The van der Waals surface area contributed by atoms with E-state index >= 15 is 0 Å². The van der Waals surface area contributed by atoms with Crippen molar-refractivity contribution in [2.24, 2.45) is 0 Å². The molecule has 0 spiro atoms. The van der Waals surface area contributed by atoms with Gasteiger partial charge in [0.1, 0.15) is 5.41 Å². The smallest absolute Gasteiger partial charge is 0.106 e. The zero-order chi connectivity index (χ0) is 24.9. The lowest BCUT2D eigenvalue weighted by Crippen LogP contribution is -2.34. The zero-order valence-electron chi connectivity index (χ0n) is 20.4. The molecule has 0 radical (unpaired) electrons. The molecule has 0 atom stereocenters. The Balaban J connectivity index is 1.80.